The number of aldehydes is 1. The van der Waals surface area contributed by atoms with Crippen LogP contribution >= 0.6 is 0 Å². The number of hydrogen-bond acceptors (Lipinski definition) is 3. The summed E-state index contributed by atoms with van der Waals surface area (Å²) in [7, 11) is 1.77. The van der Waals surface area contributed by atoms with Crippen LogP contribution in [0.5, 0.6) is 0 Å². The van der Waals surface area contributed by atoms with Gasteiger partial charge < -0.3 is 9.64 Å². The minimum Gasteiger partial charge on any atom is -0.381 e. The van der Waals surface area contributed by atoms with Crippen LogP contribution in [0.1, 0.15) is 28.8 Å². The molecular weight excluding hydrogens is 283 g/mol. The molecule has 0 saturated carbocycles. The number of ether oxygens (including phenoxy) is 1. The molecule has 1 fully saturated rings. The zero-order valence-electron chi connectivity index (χ0n) is 11.8. The second-order valence-electron chi connectivity index (χ2n) is 5.32. The number of halogens is 3. The molecule has 0 N–H and O–H groups in total. The van der Waals surface area contributed by atoms with Crippen molar-refractivity contribution in [1.82, 2.24) is 0 Å². The van der Waals surface area contributed by atoms with Crippen molar-refractivity contribution in [2.75, 3.05) is 31.7 Å². The quantitative estimate of drug-likeness (QED) is 0.799. The first-order chi connectivity index (χ1) is 9.91. The van der Waals surface area contributed by atoms with Gasteiger partial charge in [-0.1, -0.05) is 0 Å². The van der Waals surface area contributed by atoms with Crippen LogP contribution in [0.2, 0.25) is 0 Å². The van der Waals surface area contributed by atoms with E-state index in [0.717, 1.165) is 18.9 Å². The van der Waals surface area contributed by atoms with Gasteiger partial charge in [-0.15, -0.1) is 0 Å². The van der Waals surface area contributed by atoms with Gasteiger partial charge in [0, 0.05) is 38.1 Å². The summed E-state index contributed by atoms with van der Waals surface area (Å²) in [5.41, 5.74) is -0.737. The second kappa shape index (κ2) is 6.47. The number of carbonyl (C=O) groups excluding carboxylic acids is 1. The molecule has 1 aromatic rings. The Labute approximate surface area is 121 Å². The highest BCUT2D eigenvalue weighted by atomic mass is 19.4. The van der Waals surface area contributed by atoms with Crippen LogP contribution in [0.25, 0.3) is 0 Å². The van der Waals surface area contributed by atoms with E-state index in [9.17, 15) is 18.0 Å². The lowest BCUT2D eigenvalue weighted by molar-refractivity contribution is -0.137. The lowest BCUT2D eigenvalue weighted by Crippen LogP contribution is -2.29. The van der Waals surface area contributed by atoms with E-state index in [1.165, 1.54) is 6.07 Å². The molecule has 21 heavy (non-hydrogen) atoms. The van der Waals surface area contributed by atoms with Gasteiger partial charge in [-0.3, -0.25) is 4.79 Å². The van der Waals surface area contributed by atoms with E-state index in [4.69, 9.17) is 4.74 Å². The fraction of sp³-hybridized carbons (Fsp3) is 0.533. The first kappa shape index (κ1) is 15.8. The Hall–Kier alpha value is -1.56. The van der Waals surface area contributed by atoms with E-state index in [0.29, 0.717) is 31.4 Å². The number of hydrogen-bond donors (Lipinski definition) is 0. The molecule has 0 unspecified atom stereocenters. The molecule has 0 aliphatic carbocycles. The normalized spacial score (nSPS) is 16.8. The van der Waals surface area contributed by atoms with Crippen LogP contribution in [0.4, 0.5) is 18.9 Å². The third kappa shape index (κ3) is 3.97. The van der Waals surface area contributed by atoms with Gasteiger partial charge in [0.05, 0.1) is 5.56 Å². The highest BCUT2D eigenvalue weighted by Crippen LogP contribution is 2.34. The number of carbonyl (C=O) groups is 1. The zero-order valence-corrected chi connectivity index (χ0v) is 11.8. The lowest BCUT2D eigenvalue weighted by atomic mass is 9.99. The summed E-state index contributed by atoms with van der Waals surface area (Å²) in [5, 5.41) is 0. The summed E-state index contributed by atoms with van der Waals surface area (Å²) in [5.74, 6) is 0.420. The molecule has 0 radical (unpaired) electrons. The summed E-state index contributed by atoms with van der Waals surface area (Å²) < 4.78 is 44.1. The van der Waals surface area contributed by atoms with Crippen LogP contribution in [0, 0.1) is 5.92 Å². The molecule has 1 aliphatic rings. The van der Waals surface area contributed by atoms with Crippen LogP contribution in [-0.4, -0.2) is 33.1 Å². The third-order valence-corrected chi connectivity index (χ3v) is 3.78. The molecule has 0 aromatic heterocycles. The molecule has 2 rings (SSSR count). The molecule has 1 heterocycles. The highest BCUT2D eigenvalue weighted by Gasteiger charge is 2.34. The molecule has 0 spiro atoms. The molecular formula is C15H18F3NO2. The Balaban J connectivity index is 2.17. The Morgan fingerprint density at radius 1 is 1.33 bits per heavy atom. The molecule has 1 saturated heterocycles. The maximum absolute atomic E-state index is 12.9. The Morgan fingerprint density at radius 2 is 2.00 bits per heavy atom. The smallest absolute Gasteiger partial charge is 0.381 e. The lowest BCUT2D eigenvalue weighted by Gasteiger charge is -2.29. The average molecular weight is 301 g/mol. The van der Waals surface area contributed by atoms with Crippen molar-refractivity contribution in [1.29, 1.82) is 0 Å². The number of alkyl halides is 3. The number of nitrogens with zero attached hydrogens (tertiary/aromatic N) is 1. The van der Waals surface area contributed by atoms with Gasteiger partial charge in [0.25, 0.3) is 0 Å². The fourth-order valence-electron chi connectivity index (χ4n) is 2.55. The summed E-state index contributed by atoms with van der Waals surface area (Å²) in [6, 6.07) is 3.83. The van der Waals surface area contributed by atoms with Crippen LogP contribution in [-0.2, 0) is 10.9 Å². The molecule has 0 amide bonds. The summed E-state index contributed by atoms with van der Waals surface area (Å²) in [6.45, 7) is 2.09. The van der Waals surface area contributed by atoms with E-state index in [1.54, 1.807) is 18.0 Å². The van der Waals surface area contributed by atoms with Crippen molar-refractivity contribution in [2.45, 2.75) is 19.0 Å². The van der Waals surface area contributed by atoms with Gasteiger partial charge in [0.2, 0.25) is 0 Å². The van der Waals surface area contributed by atoms with Crippen molar-refractivity contribution >= 4 is 12.0 Å². The van der Waals surface area contributed by atoms with Crippen molar-refractivity contribution in [3.05, 3.63) is 29.3 Å². The topological polar surface area (TPSA) is 29.5 Å². The first-order valence-corrected chi connectivity index (χ1v) is 6.87. The van der Waals surface area contributed by atoms with E-state index in [-0.39, 0.29) is 11.8 Å². The Morgan fingerprint density at radius 3 is 2.57 bits per heavy atom. The van der Waals surface area contributed by atoms with Gasteiger partial charge in [0.15, 0.2) is 6.29 Å². The van der Waals surface area contributed by atoms with E-state index in [2.05, 4.69) is 0 Å². The molecule has 1 aromatic carbocycles. The molecule has 3 nitrogen and oxygen atoms in total. The summed E-state index contributed by atoms with van der Waals surface area (Å²) in [6.07, 6.45) is -2.44. The van der Waals surface area contributed by atoms with Gasteiger partial charge in [-0.05, 0) is 37.0 Å². The predicted octanol–water partition coefficient (Wildman–Crippen LogP) is 3.38. The Bertz CT molecular complexity index is 496. The van der Waals surface area contributed by atoms with Gasteiger partial charge in [-0.2, -0.15) is 13.2 Å². The Kier molecular flexibility index (Phi) is 4.88. The van der Waals surface area contributed by atoms with E-state index in [1.807, 2.05) is 0 Å². The standard InChI is InChI=1S/C15H18F3NO2/c1-19(9-11-4-6-21-7-5-11)13-3-2-12(10-20)14(8-13)15(16,17)18/h2-3,8,10-11H,4-7,9H2,1H3. The average Bonchev–Trinajstić information content (AvgIpc) is 2.46. The molecule has 0 atom stereocenters. The third-order valence-electron chi connectivity index (χ3n) is 3.78. The highest BCUT2D eigenvalue weighted by molar-refractivity contribution is 5.79. The van der Waals surface area contributed by atoms with Crippen molar-refractivity contribution in [3.63, 3.8) is 0 Å². The number of anilines is 1. The fourth-order valence-corrected chi connectivity index (χ4v) is 2.55. The van der Waals surface area contributed by atoms with Crippen molar-refractivity contribution in [3.8, 4) is 0 Å². The largest absolute Gasteiger partial charge is 0.417 e. The minimum absolute atomic E-state index is 0.241. The van der Waals surface area contributed by atoms with E-state index >= 15 is 0 Å². The van der Waals surface area contributed by atoms with Crippen LogP contribution < -0.4 is 4.90 Å². The first-order valence-electron chi connectivity index (χ1n) is 6.87. The van der Waals surface area contributed by atoms with Gasteiger partial charge >= 0.3 is 6.18 Å². The zero-order chi connectivity index (χ0) is 15.5. The maximum Gasteiger partial charge on any atom is 0.417 e. The SMILES string of the molecule is CN(CC1CCOCC1)c1ccc(C=O)c(C(F)(F)F)c1. The van der Waals surface area contributed by atoms with Gasteiger partial charge in [-0.25, -0.2) is 0 Å². The molecule has 1 aliphatic heterocycles. The number of rotatable bonds is 4. The monoisotopic (exact) mass is 301 g/mol. The molecule has 6 heteroatoms. The van der Waals surface area contributed by atoms with Crippen LogP contribution in [0.15, 0.2) is 18.2 Å². The predicted molar refractivity (Wildman–Crippen MR) is 73.6 cm³/mol. The van der Waals surface area contributed by atoms with Crippen molar-refractivity contribution < 1.29 is 22.7 Å². The van der Waals surface area contributed by atoms with Crippen molar-refractivity contribution in [2.24, 2.45) is 5.92 Å². The molecule has 116 valence electrons. The minimum atomic E-state index is -4.52. The maximum atomic E-state index is 12.9. The molecule has 0 bridgehead atoms. The van der Waals surface area contributed by atoms with Crippen LogP contribution in [0.3, 0.4) is 0 Å². The second-order valence-corrected chi connectivity index (χ2v) is 5.32. The number of benzene rings is 1. The summed E-state index contributed by atoms with van der Waals surface area (Å²) in [4.78, 5) is 12.5. The van der Waals surface area contributed by atoms with Gasteiger partial charge in [0.1, 0.15) is 0 Å². The van der Waals surface area contributed by atoms with E-state index < -0.39 is 11.7 Å². The summed E-state index contributed by atoms with van der Waals surface area (Å²) >= 11 is 0.